The number of imidazole rings is 1. The molecule has 146 valence electrons. The summed E-state index contributed by atoms with van der Waals surface area (Å²) < 4.78 is 15.5. The summed E-state index contributed by atoms with van der Waals surface area (Å²) >= 11 is 1.20. The van der Waals surface area contributed by atoms with Crippen molar-refractivity contribution < 1.29 is 14.1 Å². The Labute approximate surface area is 168 Å². The van der Waals surface area contributed by atoms with Gasteiger partial charge in [-0.3, -0.25) is 19.3 Å². The van der Waals surface area contributed by atoms with Gasteiger partial charge >= 0.3 is 0 Å². The molecular formula is C20H15FN4O3S. The van der Waals surface area contributed by atoms with Gasteiger partial charge in [0, 0.05) is 35.3 Å². The number of carbonyl (C=O) groups excluding carboxylic acids is 1. The van der Waals surface area contributed by atoms with E-state index in [0.29, 0.717) is 38.0 Å². The zero-order valence-corrected chi connectivity index (χ0v) is 16.3. The van der Waals surface area contributed by atoms with Crippen LogP contribution >= 0.6 is 11.3 Å². The van der Waals surface area contributed by atoms with E-state index in [4.69, 9.17) is 0 Å². The molecule has 0 aliphatic heterocycles. The van der Waals surface area contributed by atoms with Gasteiger partial charge in [-0.15, -0.1) is 0 Å². The van der Waals surface area contributed by atoms with Crippen LogP contribution < -0.4 is 5.32 Å². The molecule has 1 amide bonds. The fourth-order valence-electron chi connectivity index (χ4n) is 2.94. The van der Waals surface area contributed by atoms with E-state index in [9.17, 15) is 19.3 Å². The molecule has 0 spiro atoms. The predicted octanol–water partition coefficient (Wildman–Crippen LogP) is 4.98. The number of nitrogens with zero attached hydrogens (tertiary/aromatic N) is 3. The largest absolute Gasteiger partial charge is 0.321 e. The Morgan fingerprint density at radius 3 is 2.72 bits per heavy atom. The second-order valence-corrected chi connectivity index (χ2v) is 7.50. The van der Waals surface area contributed by atoms with Crippen molar-refractivity contribution in [2.75, 3.05) is 5.32 Å². The number of benzene rings is 2. The van der Waals surface area contributed by atoms with Crippen molar-refractivity contribution >= 4 is 33.6 Å². The number of halogens is 1. The molecule has 0 saturated carbocycles. The van der Waals surface area contributed by atoms with Gasteiger partial charge in [0.2, 0.25) is 0 Å². The molecule has 29 heavy (non-hydrogen) atoms. The van der Waals surface area contributed by atoms with Crippen LogP contribution in [-0.4, -0.2) is 20.2 Å². The van der Waals surface area contributed by atoms with Gasteiger partial charge in [-0.2, -0.15) is 0 Å². The Balaban J connectivity index is 1.64. The third-order valence-electron chi connectivity index (χ3n) is 4.55. The molecular weight excluding hydrogens is 395 g/mol. The quantitative estimate of drug-likeness (QED) is 0.380. The van der Waals surface area contributed by atoms with E-state index >= 15 is 0 Å². The summed E-state index contributed by atoms with van der Waals surface area (Å²) in [6.07, 6.45) is 1.74. The number of anilines is 1. The average molecular weight is 410 g/mol. The highest BCUT2D eigenvalue weighted by Gasteiger charge is 2.19. The Bertz CT molecular complexity index is 1280. The van der Waals surface area contributed by atoms with Gasteiger partial charge in [0.15, 0.2) is 4.96 Å². The predicted molar refractivity (Wildman–Crippen MR) is 109 cm³/mol. The van der Waals surface area contributed by atoms with Gasteiger partial charge in [-0.05, 0) is 31.5 Å². The zero-order chi connectivity index (χ0) is 20.7. The third-order valence-corrected chi connectivity index (χ3v) is 5.70. The molecule has 2 aromatic heterocycles. The zero-order valence-electron chi connectivity index (χ0n) is 15.5. The van der Waals surface area contributed by atoms with Crippen molar-refractivity contribution in [3.63, 3.8) is 0 Å². The second kappa shape index (κ2) is 7.10. The first-order valence-electron chi connectivity index (χ1n) is 8.64. The molecule has 7 nitrogen and oxygen atoms in total. The number of thiazole rings is 1. The Hall–Kier alpha value is -3.59. The fraction of sp³-hybridized carbons (Fsp3) is 0.100. The fourth-order valence-corrected chi connectivity index (χ4v) is 3.94. The van der Waals surface area contributed by atoms with Crippen LogP contribution in [-0.2, 0) is 0 Å². The van der Waals surface area contributed by atoms with Crippen LogP contribution in [0.4, 0.5) is 15.8 Å². The monoisotopic (exact) mass is 410 g/mol. The van der Waals surface area contributed by atoms with Gasteiger partial charge in [0.25, 0.3) is 11.6 Å². The number of carbonyl (C=O) groups is 1. The molecule has 4 rings (SSSR count). The molecule has 0 atom stereocenters. The van der Waals surface area contributed by atoms with E-state index in [0.717, 1.165) is 0 Å². The lowest BCUT2D eigenvalue weighted by molar-refractivity contribution is -0.384. The van der Waals surface area contributed by atoms with E-state index in [2.05, 4.69) is 10.3 Å². The first-order valence-corrected chi connectivity index (χ1v) is 9.46. The smallest absolute Gasteiger partial charge is 0.270 e. The summed E-state index contributed by atoms with van der Waals surface area (Å²) in [7, 11) is 0. The van der Waals surface area contributed by atoms with E-state index in [1.165, 1.54) is 29.5 Å². The van der Waals surface area contributed by atoms with Gasteiger partial charge < -0.3 is 5.32 Å². The van der Waals surface area contributed by atoms with Crippen molar-refractivity contribution in [3.8, 4) is 11.3 Å². The maximum Gasteiger partial charge on any atom is 0.270 e. The van der Waals surface area contributed by atoms with Crippen molar-refractivity contribution in [1.29, 1.82) is 0 Å². The molecule has 0 radical (unpaired) electrons. The third kappa shape index (κ3) is 3.47. The van der Waals surface area contributed by atoms with Gasteiger partial charge in [-0.25, -0.2) is 9.37 Å². The topological polar surface area (TPSA) is 89.5 Å². The van der Waals surface area contributed by atoms with Crippen molar-refractivity contribution in [1.82, 2.24) is 9.38 Å². The molecule has 0 unspecified atom stereocenters. The second-order valence-electron chi connectivity index (χ2n) is 6.52. The van der Waals surface area contributed by atoms with Gasteiger partial charge in [0.1, 0.15) is 10.7 Å². The van der Waals surface area contributed by atoms with Crippen LogP contribution in [0.25, 0.3) is 16.2 Å². The number of aryl methyl sites for hydroxylation is 2. The lowest BCUT2D eigenvalue weighted by Gasteiger charge is -2.05. The standard InChI is InChI=1S/C20H15FN4O3S/c1-11-6-7-14(9-16(11)21)22-19(26)18-12(2)24-10-17(23-20(24)29-18)13-4-3-5-15(8-13)25(27)28/h3-10H,1-2H3,(H,22,26). The van der Waals surface area contributed by atoms with Gasteiger partial charge in [-0.1, -0.05) is 29.5 Å². The number of nitro groups is 1. The first-order chi connectivity index (χ1) is 13.8. The van der Waals surface area contributed by atoms with E-state index in [1.807, 2.05) is 0 Å². The minimum atomic E-state index is -0.455. The summed E-state index contributed by atoms with van der Waals surface area (Å²) in [4.78, 5) is 28.7. The first kappa shape index (κ1) is 18.8. The maximum absolute atomic E-state index is 13.7. The molecule has 1 N–H and O–H groups in total. The molecule has 0 saturated heterocycles. The number of nitrogens with one attached hydrogen (secondary N) is 1. The van der Waals surface area contributed by atoms with Crippen LogP contribution in [0.1, 0.15) is 20.9 Å². The lowest BCUT2D eigenvalue weighted by atomic mass is 10.1. The number of aromatic nitrogens is 2. The van der Waals surface area contributed by atoms with Crippen LogP contribution in [0.3, 0.4) is 0 Å². The molecule has 2 aromatic carbocycles. The van der Waals surface area contributed by atoms with Crippen LogP contribution in [0.15, 0.2) is 48.7 Å². The van der Waals surface area contributed by atoms with Crippen molar-refractivity contribution in [2.45, 2.75) is 13.8 Å². The van der Waals surface area contributed by atoms with Gasteiger partial charge in [0.05, 0.1) is 10.6 Å². The number of rotatable bonds is 4. The minimum absolute atomic E-state index is 0.0130. The van der Waals surface area contributed by atoms with Crippen molar-refractivity contribution in [3.05, 3.63) is 80.7 Å². The molecule has 0 bridgehead atoms. The number of fused-ring (bicyclic) bond motifs is 1. The Kier molecular flexibility index (Phi) is 4.59. The van der Waals surface area contributed by atoms with E-state index in [1.54, 1.807) is 48.7 Å². The number of nitro benzene ring substituents is 1. The summed E-state index contributed by atoms with van der Waals surface area (Å²) in [5.41, 5.74) is 2.75. The minimum Gasteiger partial charge on any atom is -0.321 e. The number of hydrogen-bond donors (Lipinski definition) is 1. The van der Waals surface area contributed by atoms with Crippen molar-refractivity contribution in [2.24, 2.45) is 0 Å². The number of hydrogen-bond acceptors (Lipinski definition) is 5. The molecule has 0 aliphatic rings. The summed E-state index contributed by atoms with van der Waals surface area (Å²) in [6.45, 7) is 3.44. The van der Waals surface area contributed by atoms with E-state index in [-0.39, 0.29) is 17.4 Å². The summed E-state index contributed by atoms with van der Waals surface area (Å²) in [6, 6.07) is 10.8. The average Bonchev–Trinajstić information content (AvgIpc) is 3.24. The normalized spacial score (nSPS) is 11.0. The number of non-ortho nitro benzene ring substituents is 1. The SMILES string of the molecule is Cc1ccc(NC(=O)c2sc3nc(-c4cccc([N+](=O)[O-])c4)cn3c2C)cc1F. The highest BCUT2D eigenvalue weighted by molar-refractivity contribution is 7.19. The molecule has 4 aromatic rings. The summed E-state index contributed by atoms with van der Waals surface area (Å²) in [5, 5.41) is 13.7. The molecule has 0 aliphatic carbocycles. The highest BCUT2D eigenvalue weighted by Crippen LogP contribution is 2.29. The van der Waals surface area contributed by atoms with Crippen LogP contribution in [0, 0.1) is 29.8 Å². The Morgan fingerprint density at radius 1 is 1.24 bits per heavy atom. The Morgan fingerprint density at radius 2 is 2.03 bits per heavy atom. The lowest BCUT2D eigenvalue weighted by Crippen LogP contribution is -2.12. The van der Waals surface area contributed by atoms with Crippen LogP contribution in [0.5, 0.6) is 0 Å². The molecule has 2 heterocycles. The number of amides is 1. The summed E-state index contributed by atoms with van der Waals surface area (Å²) in [5.74, 6) is -0.736. The van der Waals surface area contributed by atoms with Crippen LogP contribution in [0.2, 0.25) is 0 Å². The molecule has 0 fully saturated rings. The molecule has 9 heteroatoms. The van der Waals surface area contributed by atoms with E-state index < -0.39 is 4.92 Å². The highest BCUT2D eigenvalue weighted by atomic mass is 32.1. The maximum atomic E-state index is 13.7.